The molecule has 0 amide bonds. The summed E-state index contributed by atoms with van der Waals surface area (Å²) in [5.74, 6) is 0. The minimum absolute atomic E-state index is 0.0555. The van der Waals surface area contributed by atoms with Gasteiger partial charge in [0.05, 0.1) is 17.0 Å². The van der Waals surface area contributed by atoms with Crippen molar-refractivity contribution in [3.05, 3.63) is 57.4 Å². The summed E-state index contributed by atoms with van der Waals surface area (Å²) in [4.78, 5) is 10.4. The predicted molar refractivity (Wildman–Crippen MR) is 59.4 cm³/mol. The predicted octanol–water partition coefficient (Wildman–Crippen LogP) is 2.49. The van der Waals surface area contributed by atoms with E-state index in [0.29, 0.717) is 17.1 Å². The Bertz CT molecular complexity index is 511. The molecule has 0 fully saturated rings. The van der Waals surface area contributed by atoms with Crippen LogP contribution in [0.1, 0.15) is 5.56 Å². The summed E-state index contributed by atoms with van der Waals surface area (Å²) >= 11 is 5.81. The number of hydrogen-bond acceptors (Lipinski definition) is 3. The number of nitrogens with zero attached hydrogens (tertiary/aromatic N) is 3. The van der Waals surface area contributed by atoms with Crippen LogP contribution in [0.15, 0.2) is 36.7 Å². The van der Waals surface area contributed by atoms with Crippen molar-refractivity contribution in [1.82, 2.24) is 9.78 Å². The second-order valence-electron chi connectivity index (χ2n) is 3.23. The van der Waals surface area contributed by atoms with Crippen molar-refractivity contribution in [3.8, 4) is 0 Å². The molecule has 1 aromatic heterocycles. The molecule has 0 spiro atoms. The number of nitro benzene ring substituents is 1. The van der Waals surface area contributed by atoms with Crippen molar-refractivity contribution in [2.75, 3.05) is 0 Å². The molecular formula is C10H8ClN3O2. The van der Waals surface area contributed by atoms with Crippen LogP contribution in [0, 0.1) is 10.1 Å². The van der Waals surface area contributed by atoms with Gasteiger partial charge < -0.3 is 0 Å². The Labute approximate surface area is 96.4 Å². The summed E-state index contributed by atoms with van der Waals surface area (Å²) in [5.41, 5.74) is 0.598. The first-order valence-electron chi connectivity index (χ1n) is 4.57. The second-order valence-corrected chi connectivity index (χ2v) is 3.67. The third-order valence-corrected chi connectivity index (χ3v) is 2.36. The Morgan fingerprint density at radius 1 is 1.50 bits per heavy atom. The molecule has 1 aromatic carbocycles. The van der Waals surface area contributed by atoms with E-state index in [1.54, 1.807) is 29.2 Å². The fourth-order valence-electron chi connectivity index (χ4n) is 1.43. The molecule has 0 saturated carbocycles. The number of halogens is 1. The first kappa shape index (κ1) is 10.6. The molecule has 0 aliphatic carbocycles. The molecule has 0 aliphatic heterocycles. The van der Waals surface area contributed by atoms with Gasteiger partial charge in [-0.2, -0.15) is 5.10 Å². The highest BCUT2D eigenvalue weighted by atomic mass is 35.5. The van der Waals surface area contributed by atoms with Crippen LogP contribution < -0.4 is 0 Å². The van der Waals surface area contributed by atoms with Crippen LogP contribution in [-0.2, 0) is 6.54 Å². The highest BCUT2D eigenvalue weighted by Crippen LogP contribution is 2.23. The molecule has 0 aliphatic rings. The van der Waals surface area contributed by atoms with E-state index in [2.05, 4.69) is 5.10 Å². The summed E-state index contributed by atoms with van der Waals surface area (Å²) in [7, 11) is 0. The summed E-state index contributed by atoms with van der Waals surface area (Å²) < 4.78 is 1.61. The van der Waals surface area contributed by atoms with Gasteiger partial charge in [-0.05, 0) is 18.2 Å². The normalized spacial score (nSPS) is 10.3. The molecule has 2 aromatic rings. The average molecular weight is 238 g/mol. The van der Waals surface area contributed by atoms with E-state index in [4.69, 9.17) is 11.6 Å². The van der Waals surface area contributed by atoms with Gasteiger partial charge >= 0.3 is 0 Å². The smallest absolute Gasteiger partial charge is 0.268 e. The van der Waals surface area contributed by atoms with E-state index in [9.17, 15) is 10.1 Å². The first-order valence-corrected chi connectivity index (χ1v) is 4.95. The minimum Gasteiger partial charge on any atom is -0.268 e. The van der Waals surface area contributed by atoms with Gasteiger partial charge in [0.15, 0.2) is 0 Å². The Kier molecular flexibility index (Phi) is 2.87. The Morgan fingerprint density at radius 2 is 2.31 bits per heavy atom. The molecule has 5 nitrogen and oxygen atoms in total. The van der Waals surface area contributed by atoms with Crippen molar-refractivity contribution in [2.24, 2.45) is 0 Å². The molecule has 0 bridgehead atoms. The van der Waals surface area contributed by atoms with E-state index in [1.807, 2.05) is 0 Å². The van der Waals surface area contributed by atoms with Gasteiger partial charge in [0, 0.05) is 23.5 Å². The van der Waals surface area contributed by atoms with Crippen molar-refractivity contribution >= 4 is 17.3 Å². The lowest BCUT2D eigenvalue weighted by atomic mass is 10.2. The zero-order valence-corrected chi connectivity index (χ0v) is 8.96. The first-order chi connectivity index (χ1) is 7.66. The minimum atomic E-state index is -0.421. The van der Waals surface area contributed by atoms with Crippen LogP contribution in [0.2, 0.25) is 5.02 Å². The molecule has 0 saturated heterocycles. The Balaban J connectivity index is 2.38. The molecule has 0 N–H and O–H groups in total. The van der Waals surface area contributed by atoms with E-state index in [0.717, 1.165) is 0 Å². The Morgan fingerprint density at radius 3 is 2.94 bits per heavy atom. The summed E-state index contributed by atoms with van der Waals surface area (Å²) in [5, 5.41) is 15.3. The van der Waals surface area contributed by atoms with Crippen LogP contribution in [-0.4, -0.2) is 14.7 Å². The molecular weight excluding hydrogens is 230 g/mol. The lowest BCUT2D eigenvalue weighted by Crippen LogP contribution is -2.03. The number of aromatic nitrogens is 2. The zero-order chi connectivity index (χ0) is 11.5. The van der Waals surface area contributed by atoms with E-state index >= 15 is 0 Å². The lowest BCUT2D eigenvalue weighted by Gasteiger charge is -2.03. The monoisotopic (exact) mass is 237 g/mol. The largest absolute Gasteiger partial charge is 0.274 e. The van der Waals surface area contributed by atoms with Crippen LogP contribution in [0.4, 0.5) is 5.69 Å². The molecule has 82 valence electrons. The lowest BCUT2D eigenvalue weighted by molar-refractivity contribution is -0.385. The van der Waals surface area contributed by atoms with E-state index < -0.39 is 4.92 Å². The summed E-state index contributed by atoms with van der Waals surface area (Å²) in [6.07, 6.45) is 3.36. The van der Waals surface area contributed by atoms with Crippen LogP contribution in [0.3, 0.4) is 0 Å². The van der Waals surface area contributed by atoms with Gasteiger partial charge in [-0.3, -0.25) is 14.8 Å². The SMILES string of the molecule is O=[N+]([O-])c1ccc(Cl)cc1Cn1cccn1. The van der Waals surface area contributed by atoms with Crippen LogP contribution >= 0.6 is 11.6 Å². The number of benzene rings is 1. The van der Waals surface area contributed by atoms with Crippen molar-refractivity contribution in [2.45, 2.75) is 6.54 Å². The molecule has 0 unspecified atom stereocenters. The number of hydrogen-bond donors (Lipinski definition) is 0. The van der Waals surface area contributed by atoms with Gasteiger partial charge in [0.2, 0.25) is 0 Å². The fraction of sp³-hybridized carbons (Fsp3) is 0.100. The standard InChI is InChI=1S/C10H8ClN3O2/c11-9-2-3-10(14(15)16)8(6-9)7-13-5-1-4-12-13/h1-6H,7H2. The van der Waals surface area contributed by atoms with Crippen molar-refractivity contribution in [1.29, 1.82) is 0 Å². The summed E-state index contributed by atoms with van der Waals surface area (Å²) in [6.45, 7) is 0.337. The van der Waals surface area contributed by atoms with Crippen molar-refractivity contribution < 1.29 is 4.92 Å². The third-order valence-electron chi connectivity index (χ3n) is 2.13. The molecule has 0 radical (unpaired) electrons. The van der Waals surface area contributed by atoms with E-state index in [1.165, 1.54) is 12.1 Å². The Hall–Kier alpha value is -1.88. The van der Waals surface area contributed by atoms with Gasteiger partial charge in [0.1, 0.15) is 0 Å². The highest BCUT2D eigenvalue weighted by Gasteiger charge is 2.14. The third kappa shape index (κ3) is 2.20. The maximum Gasteiger partial charge on any atom is 0.274 e. The average Bonchev–Trinajstić information content (AvgIpc) is 2.70. The number of nitro groups is 1. The second kappa shape index (κ2) is 4.32. The maximum absolute atomic E-state index is 10.8. The van der Waals surface area contributed by atoms with Gasteiger partial charge in [0.25, 0.3) is 5.69 Å². The van der Waals surface area contributed by atoms with Gasteiger partial charge in [-0.25, -0.2) is 0 Å². The zero-order valence-electron chi connectivity index (χ0n) is 8.21. The summed E-state index contributed by atoms with van der Waals surface area (Å²) in [6, 6.07) is 6.26. The van der Waals surface area contributed by atoms with E-state index in [-0.39, 0.29) is 5.69 Å². The number of rotatable bonds is 3. The molecule has 16 heavy (non-hydrogen) atoms. The van der Waals surface area contributed by atoms with Gasteiger partial charge in [-0.15, -0.1) is 0 Å². The molecule has 6 heteroatoms. The molecule has 1 heterocycles. The molecule has 2 rings (SSSR count). The molecule has 0 atom stereocenters. The van der Waals surface area contributed by atoms with Crippen LogP contribution in [0.5, 0.6) is 0 Å². The highest BCUT2D eigenvalue weighted by molar-refractivity contribution is 6.30. The van der Waals surface area contributed by atoms with Crippen LogP contribution in [0.25, 0.3) is 0 Å². The van der Waals surface area contributed by atoms with Crippen molar-refractivity contribution in [3.63, 3.8) is 0 Å². The topological polar surface area (TPSA) is 61.0 Å². The fourth-order valence-corrected chi connectivity index (χ4v) is 1.62. The quantitative estimate of drug-likeness (QED) is 0.609. The van der Waals surface area contributed by atoms with Gasteiger partial charge in [-0.1, -0.05) is 11.6 Å². The maximum atomic E-state index is 10.8.